The number of carbonyl (C=O) groups excluding carboxylic acids is 1. The van der Waals surface area contributed by atoms with Crippen LogP contribution in [0.1, 0.15) is 29.9 Å². The van der Waals surface area contributed by atoms with E-state index in [9.17, 15) is 9.59 Å². The van der Waals surface area contributed by atoms with E-state index in [1.165, 1.54) is 13.3 Å². The van der Waals surface area contributed by atoms with E-state index in [-0.39, 0.29) is 12.2 Å². The van der Waals surface area contributed by atoms with Crippen molar-refractivity contribution in [3.05, 3.63) is 18.1 Å². The van der Waals surface area contributed by atoms with Gasteiger partial charge in [-0.25, -0.2) is 14.8 Å². The zero-order valence-electron chi connectivity index (χ0n) is 10.0. The van der Waals surface area contributed by atoms with E-state index in [1.807, 2.05) is 0 Å². The lowest BCUT2D eigenvalue weighted by Crippen LogP contribution is -2.10. The van der Waals surface area contributed by atoms with Gasteiger partial charge < -0.3 is 15.2 Å². The number of carboxylic acid groups (broad SMARTS) is 1. The monoisotopic (exact) mass is 253 g/mol. The van der Waals surface area contributed by atoms with Gasteiger partial charge in [0.05, 0.1) is 7.11 Å². The third kappa shape index (κ3) is 4.77. The molecule has 1 rings (SSSR count). The van der Waals surface area contributed by atoms with Crippen molar-refractivity contribution in [2.45, 2.75) is 19.3 Å². The van der Waals surface area contributed by atoms with Gasteiger partial charge >= 0.3 is 11.9 Å². The maximum Gasteiger partial charge on any atom is 0.376 e. The largest absolute Gasteiger partial charge is 0.481 e. The Morgan fingerprint density at radius 2 is 2.22 bits per heavy atom. The molecule has 0 aliphatic carbocycles. The minimum Gasteiger partial charge on any atom is -0.481 e. The summed E-state index contributed by atoms with van der Waals surface area (Å²) < 4.78 is 4.50. The van der Waals surface area contributed by atoms with Crippen molar-refractivity contribution in [1.29, 1.82) is 0 Å². The highest BCUT2D eigenvalue weighted by Crippen LogP contribution is 2.04. The van der Waals surface area contributed by atoms with E-state index in [2.05, 4.69) is 20.0 Å². The summed E-state index contributed by atoms with van der Waals surface area (Å²) in [5.41, 5.74) is 0. The molecule has 1 aromatic heterocycles. The van der Waals surface area contributed by atoms with E-state index in [1.54, 1.807) is 6.07 Å². The van der Waals surface area contributed by atoms with Gasteiger partial charge in [-0.3, -0.25) is 4.79 Å². The minimum atomic E-state index is -0.801. The molecule has 0 aromatic carbocycles. The fraction of sp³-hybridized carbons (Fsp3) is 0.455. The summed E-state index contributed by atoms with van der Waals surface area (Å²) in [6.45, 7) is 0.588. The van der Waals surface area contributed by atoms with Crippen LogP contribution in [0.25, 0.3) is 0 Å². The van der Waals surface area contributed by atoms with Gasteiger partial charge in [0.1, 0.15) is 5.82 Å². The third-order valence-electron chi connectivity index (χ3n) is 2.15. The number of rotatable bonds is 7. The van der Waals surface area contributed by atoms with Gasteiger partial charge in [-0.1, -0.05) is 0 Å². The highest BCUT2D eigenvalue weighted by molar-refractivity contribution is 5.85. The lowest BCUT2D eigenvalue weighted by molar-refractivity contribution is -0.137. The Morgan fingerprint density at radius 3 is 2.89 bits per heavy atom. The molecule has 98 valence electrons. The number of ether oxygens (including phenoxy) is 1. The number of carbonyl (C=O) groups is 2. The molecule has 0 saturated heterocycles. The number of nitrogens with one attached hydrogen (secondary N) is 1. The van der Waals surface area contributed by atoms with Gasteiger partial charge in [-0.2, -0.15) is 0 Å². The number of carboxylic acids is 1. The van der Waals surface area contributed by atoms with Crippen LogP contribution in [0, 0.1) is 0 Å². The second kappa shape index (κ2) is 7.21. The molecular weight excluding hydrogens is 238 g/mol. The number of hydrogen-bond donors (Lipinski definition) is 2. The van der Waals surface area contributed by atoms with Crippen LogP contribution in [0.5, 0.6) is 0 Å². The van der Waals surface area contributed by atoms with Crippen LogP contribution in [0.15, 0.2) is 12.3 Å². The van der Waals surface area contributed by atoms with Crippen molar-refractivity contribution in [1.82, 2.24) is 9.97 Å². The second-order valence-electron chi connectivity index (χ2n) is 3.53. The number of hydrogen-bond acceptors (Lipinski definition) is 6. The standard InChI is InChI=1S/C11H15N3O4/c1-18-11(17)10-13-7-5-8(14-10)12-6-3-2-4-9(15)16/h5,7H,2-4,6H2,1H3,(H,15,16)(H,12,13,14). The van der Waals surface area contributed by atoms with Crippen LogP contribution in [-0.2, 0) is 9.53 Å². The van der Waals surface area contributed by atoms with Crippen molar-refractivity contribution in [2.24, 2.45) is 0 Å². The molecule has 1 aromatic rings. The normalized spacial score (nSPS) is 9.83. The maximum atomic E-state index is 11.2. The Kier molecular flexibility index (Phi) is 5.56. The van der Waals surface area contributed by atoms with E-state index < -0.39 is 11.9 Å². The Morgan fingerprint density at radius 1 is 1.44 bits per heavy atom. The van der Waals surface area contributed by atoms with E-state index >= 15 is 0 Å². The minimum absolute atomic E-state index is 0.00645. The van der Waals surface area contributed by atoms with E-state index in [0.717, 1.165) is 0 Å². The van der Waals surface area contributed by atoms with Crippen LogP contribution in [-0.4, -0.2) is 40.7 Å². The molecule has 1 heterocycles. The van der Waals surface area contributed by atoms with Crippen molar-refractivity contribution in [3.8, 4) is 0 Å². The van der Waals surface area contributed by atoms with Gasteiger partial charge in [-0.05, 0) is 18.9 Å². The molecule has 18 heavy (non-hydrogen) atoms. The number of anilines is 1. The quantitative estimate of drug-likeness (QED) is 0.550. The number of nitrogens with zero attached hydrogens (tertiary/aromatic N) is 2. The third-order valence-corrected chi connectivity index (χ3v) is 2.15. The maximum absolute atomic E-state index is 11.2. The summed E-state index contributed by atoms with van der Waals surface area (Å²) in [6, 6.07) is 1.63. The molecule has 0 bridgehead atoms. The van der Waals surface area contributed by atoms with Crippen LogP contribution >= 0.6 is 0 Å². The zero-order chi connectivity index (χ0) is 13.4. The van der Waals surface area contributed by atoms with Gasteiger partial charge in [-0.15, -0.1) is 0 Å². The highest BCUT2D eigenvalue weighted by atomic mass is 16.5. The Labute approximate surface area is 104 Å². The predicted octanol–water partition coefficient (Wildman–Crippen LogP) is 0.930. The smallest absolute Gasteiger partial charge is 0.376 e. The SMILES string of the molecule is COC(=O)c1nccc(NCCCCC(=O)O)n1. The summed E-state index contributed by atoms with van der Waals surface area (Å²) in [4.78, 5) is 29.2. The summed E-state index contributed by atoms with van der Waals surface area (Å²) in [5, 5.41) is 11.4. The average molecular weight is 253 g/mol. The van der Waals surface area contributed by atoms with Crippen LogP contribution in [0.3, 0.4) is 0 Å². The van der Waals surface area contributed by atoms with Gasteiger partial charge in [0.25, 0.3) is 0 Å². The summed E-state index contributed by atoms with van der Waals surface area (Å²) in [5.74, 6) is -0.886. The Hall–Kier alpha value is -2.18. The lowest BCUT2D eigenvalue weighted by atomic mass is 10.2. The molecule has 0 amide bonds. The fourth-order valence-corrected chi connectivity index (χ4v) is 1.26. The molecule has 7 heteroatoms. The lowest BCUT2D eigenvalue weighted by Gasteiger charge is -2.05. The van der Waals surface area contributed by atoms with Crippen molar-refractivity contribution in [3.63, 3.8) is 0 Å². The summed E-state index contributed by atoms with van der Waals surface area (Å²) in [6.07, 6.45) is 2.92. The zero-order valence-corrected chi connectivity index (χ0v) is 10.0. The Bertz CT molecular complexity index is 423. The fourth-order valence-electron chi connectivity index (χ4n) is 1.26. The van der Waals surface area contributed by atoms with Crippen LogP contribution in [0.2, 0.25) is 0 Å². The molecule has 0 radical (unpaired) electrons. The first-order valence-electron chi connectivity index (χ1n) is 5.50. The number of methoxy groups -OCH3 is 1. The predicted molar refractivity (Wildman–Crippen MR) is 63.3 cm³/mol. The number of aromatic nitrogens is 2. The average Bonchev–Trinajstić information content (AvgIpc) is 2.37. The topological polar surface area (TPSA) is 101 Å². The number of unbranched alkanes of at least 4 members (excludes halogenated alkanes) is 1. The first kappa shape index (κ1) is 13.9. The molecule has 0 aliphatic heterocycles. The summed E-state index contributed by atoms with van der Waals surface area (Å²) >= 11 is 0. The van der Waals surface area contributed by atoms with E-state index in [0.29, 0.717) is 25.2 Å². The molecular formula is C11H15N3O4. The number of esters is 1. The molecule has 0 spiro atoms. The van der Waals surface area contributed by atoms with E-state index in [4.69, 9.17) is 5.11 Å². The summed E-state index contributed by atoms with van der Waals surface area (Å²) in [7, 11) is 1.26. The van der Waals surface area contributed by atoms with Crippen molar-refractivity contribution < 1.29 is 19.4 Å². The van der Waals surface area contributed by atoms with Gasteiger partial charge in [0, 0.05) is 19.2 Å². The molecule has 0 aliphatic rings. The first-order chi connectivity index (χ1) is 8.63. The highest BCUT2D eigenvalue weighted by Gasteiger charge is 2.09. The van der Waals surface area contributed by atoms with Crippen LogP contribution in [0.4, 0.5) is 5.82 Å². The molecule has 0 unspecified atom stereocenters. The Balaban J connectivity index is 2.38. The van der Waals surface area contributed by atoms with Gasteiger partial charge in [0.15, 0.2) is 0 Å². The molecule has 2 N–H and O–H groups in total. The molecule has 0 saturated carbocycles. The van der Waals surface area contributed by atoms with Crippen molar-refractivity contribution >= 4 is 17.8 Å². The van der Waals surface area contributed by atoms with Gasteiger partial charge in [0.2, 0.25) is 5.82 Å². The first-order valence-corrected chi connectivity index (χ1v) is 5.50. The second-order valence-corrected chi connectivity index (χ2v) is 3.53. The van der Waals surface area contributed by atoms with Crippen molar-refractivity contribution in [2.75, 3.05) is 19.0 Å². The molecule has 0 atom stereocenters. The van der Waals surface area contributed by atoms with Crippen LogP contribution < -0.4 is 5.32 Å². The molecule has 0 fully saturated rings. The molecule has 7 nitrogen and oxygen atoms in total. The number of aliphatic carboxylic acids is 1.